The van der Waals surface area contributed by atoms with Gasteiger partial charge in [0, 0.05) is 0 Å². The van der Waals surface area contributed by atoms with Gasteiger partial charge in [-0.25, -0.2) is 0 Å². The van der Waals surface area contributed by atoms with Crippen molar-refractivity contribution in [3.8, 4) is 16.9 Å². The Labute approximate surface area is 102 Å². The minimum atomic E-state index is 0.326. The summed E-state index contributed by atoms with van der Waals surface area (Å²) >= 11 is 0. The average molecular weight is 227 g/mol. The van der Waals surface area contributed by atoms with E-state index in [0.717, 1.165) is 11.1 Å². The quantitative estimate of drug-likeness (QED) is 0.847. The van der Waals surface area contributed by atoms with Gasteiger partial charge in [0.2, 0.25) is 0 Å². The molecule has 2 aromatic carbocycles. The van der Waals surface area contributed by atoms with Gasteiger partial charge in [0.05, 0.1) is 0 Å². The molecule has 3 N–H and O–H groups in total. The summed E-state index contributed by atoms with van der Waals surface area (Å²) in [5.41, 5.74) is 9.96. The van der Waals surface area contributed by atoms with Gasteiger partial charge < -0.3 is 10.8 Å². The molecule has 17 heavy (non-hydrogen) atoms. The molecule has 0 aromatic heterocycles. The zero-order valence-electron chi connectivity index (χ0n) is 9.98. The summed E-state index contributed by atoms with van der Waals surface area (Å²) < 4.78 is 0. The van der Waals surface area contributed by atoms with E-state index in [4.69, 9.17) is 5.73 Å². The summed E-state index contributed by atoms with van der Waals surface area (Å²) in [4.78, 5) is 0. The number of phenols is 1. The topological polar surface area (TPSA) is 46.2 Å². The van der Waals surface area contributed by atoms with E-state index in [0.29, 0.717) is 18.7 Å². The molecule has 0 fully saturated rings. The van der Waals surface area contributed by atoms with Gasteiger partial charge in [-0.15, -0.1) is 0 Å². The first kappa shape index (κ1) is 11.7. The van der Waals surface area contributed by atoms with E-state index < -0.39 is 0 Å². The van der Waals surface area contributed by atoms with Crippen LogP contribution in [0.25, 0.3) is 11.1 Å². The van der Waals surface area contributed by atoms with E-state index in [-0.39, 0.29) is 0 Å². The van der Waals surface area contributed by atoms with Gasteiger partial charge in [-0.2, -0.15) is 0 Å². The SMILES string of the molecule is Cc1cccc(-c2ccc(O)c(CCN)c2)c1. The third kappa shape index (κ3) is 2.66. The van der Waals surface area contributed by atoms with Crippen LogP contribution in [0, 0.1) is 6.92 Å². The van der Waals surface area contributed by atoms with Crippen LogP contribution < -0.4 is 5.73 Å². The highest BCUT2D eigenvalue weighted by Crippen LogP contribution is 2.26. The van der Waals surface area contributed by atoms with E-state index >= 15 is 0 Å². The van der Waals surface area contributed by atoms with Crippen LogP contribution in [0.1, 0.15) is 11.1 Å². The molecule has 0 atom stereocenters. The smallest absolute Gasteiger partial charge is 0.118 e. The molecule has 2 rings (SSSR count). The predicted molar refractivity (Wildman–Crippen MR) is 71.0 cm³/mol. The van der Waals surface area contributed by atoms with Gasteiger partial charge in [-0.05, 0) is 48.7 Å². The lowest BCUT2D eigenvalue weighted by Gasteiger charge is -2.08. The Hall–Kier alpha value is -1.80. The Morgan fingerprint density at radius 3 is 2.53 bits per heavy atom. The lowest BCUT2D eigenvalue weighted by Crippen LogP contribution is -2.02. The van der Waals surface area contributed by atoms with Crippen molar-refractivity contribution >= 4 is 0 Å². The zero-order valence-corrected chi connectivity index (χ0v) is 9.98. The Morgan fingerprint density at radius 2 is 1.82 bits per heavy atom. The first-order chi connectivity index (χ1) is 8.20. The Balaban J connectivity index is 2.42. The molecular weight excluding hydrogens is 210 g/mol. The molecular formula is C15H17NO. The van der Waals surface area contributed by atoms with E-state index in [1.165, 1.54) is 11.1 Å². The van der Waals surface area contributed by atoms with Gasteiger partial charge in [0.1, 0.15) is 5.75 Å². The average Bonchev–Trinajstić information content (AvgIpc) is 2.32. The first-order valence-corrected chi connectivity index (χ1v) is 5.79. The zero-order chi connectivity index (χ0) is 12.3. The number of phenolic OH excluding ortho intramolecular Hbond substituents is 1. The van der Waals surface area contributed by atoms with Crippen molar-refractivity contribution in [3.63, 3.8) is 0 Å². The van der Waals surface area contributed by atoms with Gasteiger partial charge in [0.25, 0.3) is 0 Å². The highest BCUT2D eigenvalue weighted by atomic mass is 16.3. The Bertz CT molecular complexity index is 520. The molecule has 0 amide bonds. The molecule has 0 spiro atoms. The molecule has 0 aliphatic rings. The summed E-state index contributed by atoms with van der Waals surface area (Å²) in [7, 11) is 0. The van der Waals surface area contributed by atoms with Crippen molar-refractivity contribution < 1.29 is 5.11 Å². The van der Waals surface area contributed by atoms with Gasteiger partial charge >= 0.3 is 0 Å². The molecule has 0 bridgehead atoms. The van der Waals surface area contributed by atoms with E-state index in [1.54, 1.807) is 6.07 Å². The second-order valence-corrected chi connectivity index (χ2v) is 4.25. The number of aryl methyl sites for hydroxylation is 1. The molecule has 0 radical (unpaired) electrons. The predicted octanol–water partition coefficient (Wildman–Crippen LogP) is 2.87. The minimum Gasteiger partial charge on any atom is -0.508 e. The number of aromatic hydroxyl groups is 1. The first-order valence-electron chi connectivity index (χ1n) is 5.79. The molecule has 88 valence electrons. The summed E-state index contributed by atoms with van der Waals surface area (Å²) in [6, 6.07) is 14.0. The van der Waals surface area contributed by atoms with Crippen molar-refractivity contribution in [3.05, 3.63) is 53.6 Å². The molecule has 0 unspecified atom stereocenters. The fourth-order valence-corrected chi connectivity index (χ4v) is 1.95. The number of benzene rings is 2. The highest BCUT2D eigenvalue weighted by Gasteiger charge is 2.04. The van der Waals surface area contributed by atoms with Crippen molar-refractivity contribution in [1.82, 2.24) is 0 Å². The number of nitrogens with two attached hydrogens (primary N) is 1. The van der Waals surface area contributed by atoms with Crippen LogP contribution in [0.3, 0.4) is 0 Å². The number of hydrogen-bond donors (Lipinski definition) is 2. The molecule has 0 aliphatic heterocycles. The molecule has 0 heterocycles. The molecule has 2 aromatic rings. The summed E-state index contributed by atoms with van der Waals surface area (Å²) in [6.07, 6.45) is 0.700. The van der Waals surface area contributed by atoms with Crippen LogP contribution in [0.5, 0.6) is 5.75 Å². The van der Waals surface area contributed by atoms with Gasteiger partial charge in [-0.1, -0.05) is 35.9 Å². The Kier molecular flexibility index (Phi) is 3.45. The number of hydrogen-bond acceptors (Lipinski definition) is 2. The Morgan fingerprint density at radius 1 is 1.06 bits per heavy atom. The lowest BCUT2D eigenvalue weighted by atomic mass is 10.00. The van der Waals surface area contributed by atoms with Crippen LogP contribution in [0.4, 0.5) is 0 Å². The minimum absolute atomic E-state index is 0.326. The second kappa shape index (κ2) is 5.02. The second-order valence-electron chi connectivity index (χ2n) is 4.25. The van der Waals surface area contributed by atoms with E-state index in [1.807, 2.05) is 18.2 Å². The third-order valence-corrected chi connectivity index (χ3v) is 2.84. The lowest BCUT2D eigenvalue weighted by molar-refractivity contribution is 0.468. The van der Waals surface area contributed by atoms with Crippen molar-refractivity contribution in [2.75, 3.05) is 6.54 Å². The molecule has 0 saturated carbocycles. The van der Waals surface area contributed by atoms with E-state index in [9.17, 15) is 5.11 Å². The molecule has 2 nitrogen and oxygen atoms in total. The third-order valence-electron chi connectivity index (χ3n) is 2.84. The summed E-state index contributed by atoms with van der Waals surface area (Å²) in [5, 5.41) is 9.71. The van der Waals surface area contributed by atoms with Crippen LogP contribution in [-0.2, 0) is 6.42 Å². The fourth-order valence-electron chi connectivity index (χ4n) is 1.95. The van der Waals surface area contributed by atoms with Crippen molar-refractivity contribution in [1.29, 1.82) is 0 Å². The van der Waals surface area contributed by atoms with Gasteiger partial charge in [-0.3, -0.25) is 0 Å². The maximum absolute atomic E-state index is 9.71. The van der Waals surface area contributed by atoms with Crippen LogP contribution in [-0.4, -0.2) is 11.7 Å². The summed E-state index contributed by atoms with van der Waals surface area (Å²) in [5.74, 6) is 0.326. The molecule has 0 saturated heterocycles. The van der Waals surface area contributed by atoms with Crippen LogP contribution in [0.2, 0.25) is 0 Å². The van der Waals surface area contributed by atoms with Crippen LogP contribution >= 0.6 is 0 Å². The van der Waals surface area contributed by atoms with E-state index in [2.05, 4.69) is 25.1 Å². The van der Waals surface area contributed by atoms with Crippen molar-refractivity contribution in [2.45, 2.75) is 13.3 Å². The standard InChI is InChI=1S/C15H17NO/c1-11-3-2-4-12(9-11)13-5-6-15(17)14(10-13)7-8-16/h2-6,9-10,17H,7-8,16H2,1H3. The maximum Gasteiger partial charge on any atom is 0.118 e. The summed E-state index contributed by atoms with van der Waals surface area (Å²) in [6.45, 7) is 2.62. The molecule has 2 heteroatoms. The normalized spacial score (nSPS) is 10.5. The fraction of sp³-hybridized carbons (Fsp3) is 0.200. The molecule has 0 aliphatic carbocycles. The monoisotopic (exact) mass is 227 g/mol. The maximum atomic E-state index is 9.71. The van der Waals surface area contributed by atoms with Crippen LogP contribution in [0.15, 0.2) is 42.5 Å². The van der Waals surface area contributed by atoms with Gasteiger partial charge in [0.15, 0.2) is 0 Å². The van der Waals surface area contributed by atoms with Crippen molar-refractivity contribution in [2.24, 2.45) is 5.73 Å². The highest BCUT2D eigenvalue weighted by molar-refractivity contribution is 5.66. The largest absolute Gasteiger partial charge is 0.508 e. The number of rotatable bonds is 3.